The van der Waals surface area contributed by atoms with Gasteiger partial charge in [-0.15, -0.1) is 0 Å². The smallest absolute Gasteiger partial charge is 0.328 e. The molecule has 0 atom stereocenters. The minimum absolute atomic E-state index is 0.0579. The topological polar surface area (TPSA) is 66.4 Å². The van der Waals surface area contributed by atoms with Gasteiger partial charge in [0.2, 0.25) is 5.91 Å². The molecule has 1 amide bonds. The van der Waals surface area contributed by atoms with E-state index >= 15 is 0 Å². The predicted molar refractivity (Wildman–Crippen MR) is 120 cm³/mol. The standard InChI is InChI=1S/C24H26BrNO3/c1-17-19(10-13-22(27)28)6-5-7-21(17)26-23(29)24(14-3-2-4-15-24)16-18-8-11-20(25)12-9-18/h5-13H,2-4,14-16H2,1H3,(H,26,29)(H,27,28)/b13-10+. The Hall–Kier alpha value is -2.40. The van der Waals surface area contributed by atoms with Crippen LogP contribution >= 0.6 is 15.9 Å². The summed E-state index contributed by atoms with van der Waals surface area (Å²) >= 11 is 3.47. The number of rotatable bonds is 6. The number of carbonyl (C=O) groups is 2. The number of hydrogen-bond donors (Lipinski definition) is 2. The highest BCUT2D eigenvalue weighted by Crippen LogP contribution is 2.41. The lowest BCUT2D eigenvalue weighted by atomic mass is 9.69. The Morgan fingerprint density at radius 2 is 1.79 bits per heavy atom. The summed E-state index contributed by atoms with van der Waals surface area (Å²) in [5, 5.41) is 12.0. The summed E-state index contributed by atoms with van der Waals surface area (Å²) < 4.78 is 1.03. The second kappa shape index (κ2) is 9.40. The molecule has 0 aromatic heterocycles. The van der Waals surface area contributed by atoms with Gasteiger partial charge in [-0.3, -0.25) is 4.79 Å². The van der Waals surface area contributed by atoms with Gasteiger partial charge in [0.25, 0.3) is 0 Å². The zero-order valence-corrected chi connectivity index (χ0v) is 18.2. The van der Waals surface area contributed by atoms with E-state index in [0.717, 1.165) is 59.5 Å². The average Bonchev–Trinajstić information content (AvgIpc) is 2.71. The first-order valence-corrected chi connectivity index (χ1v) is 10.8. The average molecular weight is 456 g/mol. The lowest BCUT2D eigenvalue weighted by Crippen LogP contribution is -2.40. The van der Waals surface area contributed by atoms with Crippen molar-refractivity contribution < 1.29 is 14.7 Å². The summed E-state index contributed by atoms with van der Waals surface area (Å²) in [6, 6.07) is 13.8. The Bertz CT molecular complexity index is 912. The Morgan fingerprint density at radius 1 is 1.10 bits per heavy atom. The highest BCUT2D eigenvalue weighted by atomic mass is 79.9. The number of carboxylic acid groups (broad SMARTS) is 1. The maximum atomic E-state index is 13.5. The van der Waals surface area contributed by atoms with E-state index in [4.69, 9.17) is 5.11 Å². The van der Waals surface area contributed by atoms with E-state index in [1.807, 2.05) is 37.3 Å². The van der Waals surface area contributed by atoms with Gasteiger partial charge in [0, 0.05) is 16.2 Å². The summed E-state index contributed by atoms with van der Waals surface area (Å²) in [5.74, 6) is -0.933. The third-order valence-corrected chi connectivity index (χ3v) is 6.31. The van der Waals surface area contributed by atoms with Gasteiger partial charge < -0.3 is 10.4 Å². The maximum absolute atomic E-state index is 13.5. The minimum atomic E-state index is -0.991. The quantitative estimate of drug-likeness (QED) is 0.525. The van der Waals surface area contributed by atoms with E-state index in [0.29, 0.717) is 0 Å². The molecule has 0 spiro atoms. The number of nitrogens with one attached hydrogen (secondary N) is 1. The van der Waals surface area contributed by atoms with E-state index in [-0.39, 0.29) is 5.91 Å². The molecule has 0 unspecified atom stereocenters. The van der Waals surface area contributed by atoms with Crippen molar-refractivity contribution in [2.75, 3.05) is 5.32 Å². The molecule has 3 rings (SSSR count). The van der Waals surface area contributed by atoms with Crippen LogP contribution in [0.25, 0.3) is 6.08 Å². The first kappa shape index (κ1) is 21.3. The SMILES string of the molecule is Cc1c(/C=C/C(=O)O)cccc1NC(=O)C1(Cc2ccc(Br)cc2)CCCCC1. The van der Waals surface area contributed by atoms with E-state index in [2.05, 4.69) is 33.4 Å². The Labute approximate surface area is 180 Å². The molecule has 2 aromatic rings. The van der Waals surface area contributed by atoms with Gasteiger partial charge >= 0.3 is 5.97 Å². The molecular weight excluding hydrogens is 430 g/mol. The number of halogens is 1. The van der Waals surface area contributed by atoms with Crippen LogP contribution in [0.4, 0.5) is 5.69 Å². The number of hydrogen-bond acceptors (Lipinski definition) is 2. The van der Waals surface area contributed by atoms with Crippen molar-refractivity contribution >= 4 is 39.6 Å². The highest BCUT2D eigenvalue weighted by Gasteiger charge is 2.39. The fourth-order valence-electron chi connectivity index (χ4n) is 4.09. The Morgan fingerprint density at radius 3 is 2.45 bits per heavy atom. The van der Waals surface area contributed by atoms with Gasteiger partial charge in [-0.25, -0.2) is 4.79 Å². The molecule has 152 valence electrons. The number of anilines is 1. The second-order valence-corrected chi connectivity index (χ2v) is 8.71. The van der Waals surface area contributed by atoms with Gasteiger partial charge in [0.05, 0.1) is 5.41 Å². The fourth-order valence-corrected chi connectivity index (χ4v) is 4.36. The molecule has 2 aromatic carbocycles. The summed E-state index contributed by atoms with van der Waals surface area (Å²) in [4.78, 5) is 24.3. The van der Waals surface area contributed by atoms with Crippen LogP contribution in [0, 0.1) is 12.3 Å². The molecule has 0 heterocycles. The highest BCUT2D eigenvalue weighted by molar-refractivity contribution is 9.10. The van der Waals surface area contributed by atoms with Crippen LogP contribution in [-0.2, 0) is 16.0 Å². The van der Waals surface area contributed by atoms with Crippen molar-refractivity contribution in [3.63, 3.8) is 0 Å². The Balaban J connectivity index is 1.85. The number of carbonyl (C=O) groups excluding carboxylic acids is 1. The van der Waals surface area contributed by atoms with E-state index in [1.54, 1.807) is 6.08 Å². The minimum Gasteiger partial charge on any atom is -0.478 e. The largest absolute Gasteiger partial charge is 0.478 e. The molecule has 1 fully saturated rings. The molecule has 1 aliphatic rings. The van der Waals surface area contributed by atoms with E-state index in [9.17, 15) is 9.59 Å². The van der Waals surface area contributed by atoms with Crippen molar-refractivity contribution in [3.05, 3.63) is 69.7 Å². The predicted octanol–water partition coefficient (Wildman–Crippen LogP) is 5.99. The number of carboxylic acids is 1. The molecule has 1 aliphatic carbocycles. The van der Waals surface area contributed by atoms with Crippen molar-refractivity contribution in [2.24, 2.45) is 5.41 Å². The zero-order chi connectivity index (χ0) is 20.9. The molecule has 4 nitrogen and oxygen atoms in total. The second-order valence-electron chi connectivity index (χ2n) is 7.79. The summed E-state index contributed by atoms with van der Waals surface area (Å²) in [7, 11) is 0. The summed E-state index contributed by atoms with van der Waals surface area (Å²) in [5.41, 5.74) is 3.15. The monoisotopic (exact) mass is 455 g/mol. The molecule has 0 saturated heterocycles. The maximum Gasteiger partial charge on any atom is 0.328 e. The lowest BCUT2D eigenvalue weighted by molar-refractivity contribution is -0.131. The summed E-state index contributed by atoms with van der Waals surface area (Å²) in [6.45, 7) is 1.90. The van der Waals surface area contributed by atoms with Crippen LogP contribution < -0.4 is 5.32 Å². The number of aliphatic carboxylic acids is 1. The fraction of sp³-hybridized carbons (Fsp3) is 0.333. The molecule has 0 radical (unpaired) electrons. The number of benzene rings is 2. The van der Waals surface area contributed by atoms with Crippen LogP contribution in [0.2, 0.25) is 0 Å². The zero-order valence-electron chi connectivity index (χ0n) is 16.6. The van der Waals surface area contributed by atoms with Crippen LogP contribution in [-0.4, -0.2) is 17.0 Å². The van der Waals surface area contributed by atoms with Crippen molar-refractivity contribution in [1.82, 2.24) is 0 Å². The first-order chi connectivity index (χ1) is 13.9. The van der Waals surface area contributed by atoms with Crippen LogP contribution in [0.15, 0.2) is 53.0 Å². The molecule has 29 heavy (non-hydrogen) atoms. The van der Waals surface area contributed by atoms with E-state index in [1.165, 1.54) is 12.0 Å². The van der Waals surface area contributed by atoms with Gasteiger partial charge in [0.15, 0.2) is 0 Å². The lowest BCUT2D eigenvalue weighted by Gasteiger charge is -2.36. The molecule has 2 N–H and O–H groups in total. The van der Waals surface area contributed by atoms with Crippen LogP contribution in [0.3, 0.4) is 0 Å². The molecule has 1 saturated carbocycles. The van der Waals surface area contributed by atoms with Crippen LogP contribution in [0.5, 0.6) is 0 Å². The first-order valence-electron chi connectivity index (χ1n) is 9.96. The summed E-state index contributed by atoms with van der Waals surface area (Å²) in [6.07, 6.45) is 8.46. The van der Waals surface area contributed by atoms with Gasteiger partial charge in [0.1, 0.15) is 0 Å². The van der Waals surface area contributed by atoms with Gasteiger partial charge in [-0.2, -0.15) is 0 Å². The number of amides is 1. The molecule has 0 bridgehead atoms. The van der Waals surface area contributed by atoms with Crippen molar-refractivity contribution in [3.8, 4) is 0 Å². The molecular formula is C24H26BrNO3. The van der Waals surface area contributed by atoms with E-state index < -0.39 is 11.4 Å². The Kier molecular flexibility index (Phi) is 6.91. The normalized spacial score (nSPS) is 15.9. The van der Waals surface area contributed by atoms with Crippen LogP contribution in [0.1, 0.15) is 48.8 Å². The third-order valence-electron chi connectivity index (χ3n) is 5.78. The molecule has 5 heteroatoms. The van der Waals surface area contributed by atoms with Crippen molar-refractivity contribution in [2.45, 2.75) is 45.4 Å². The van der Waals surface area contributed by atoms with Crippen molar-refractivity contribution in [1.29, 1.82) is 0 Å². The van der Waals surface area contributed by atoms with Gasteiger partial charge in [-0.1, -0.05) is 59.5 Å². The van der Waals surface area contributed by atoms with Gasteiger partial charge in [-0.05, 0) is 67.2 Å². The third kappa shape index (κ3) is 5.36. The molecule has 0 aliphatic heterocycles.